The van der Waals surface area contributed by atoms with Gasteiger partial charge < -0.3 is 5.73 Å². The van der Waals surface area contributed by atoms with Crippen molar-refractivity contribution in [3.8, 4) is 5.69 Å². The maximum Gasteiger partial charge on any atom is 0.264 e. The van der Waals surface area contributed by atoms with Gasteiger partial charge in [-0.15, -0.1) is 0 Å². The summed E-state index contributed by atoms with van der Waals surface area (Å²) in [7, 11) is 0. The average molecular weight is 417 g/mol. The Bertz CT molecular complexity index is 1340. The molecule has 5 rings (SSSR count). The van der Waals surface area contributed by atoms with Gasteiger partial charge in [-0.25, -0.2) is 4.68 Å². The summed E-state index contributed by atoms with van der Waals surface area (Å²) in [4.78, 5) is 62.6. The predicted molar refractivity (Wildman–Crippen MR) is 106 cm³/mol. The summed E-state index contributed by atoms with van der Waals surface area (Å²) in [6.07, 6.45) is 1.74. The molecule has 10 heteroatoms. The zero-order valence-corrected chi connectivity index (χ0v) is 16.0. The zero-order chi connectivity index (χ0) is 21.9. The van der Waals surface area contributed by atoms with Crippen molar-refractivity contribution in [3.05, 3.63) is 59.3 Å². The van der Waals surface area contributed by atoms with E-state index in [9.17, 15) is 24.0 Å². The largest absolute Gasteiger partial charge is 0.366 e. The summed E-state index contributed by atoms with van der Waals surface area (Å²) in [5, 5.41) is 7.22. The maximum absolute atomic E-state index is 13.2. The van der Waals surface area contributed by atoms with Crippen LogP contribution in [0.25, 0.3) is 16.6 Å². The van der Waals surface area contributed by atoms with Crippen LogP contribution < -0.4 is 11.1 Å². The molecule has 0 aliphatic carbocycles. The van der Waals surface area contributed by atoms with E-state index < -0.39 is 35.6 Å². The van der Waals surface area contributed by atoms with Crippen LogP contribution in [0.3, 0.4) is 0 Å². The molecule has 1 saturated heterocycles. The van der Waals surface area contributed by atoms with Gasteiger partial charge in [-0.05, 0) is 24.6 Å². The summed E-state index contributed by atoms with van der Waals surface area (Å²) in [5.74, 6) is -3.00. The first-order valence-corrected chi connectivity index (χ1v) is 9.50. The van der Waals surface area contributed by atoms with E-state index in [1.165, 1.54) is 10.7 Å². The van der Waals surface area contributed by atoms with E-state index in [0.29, 0.717) is 16.6 Å². The van der Waals surface area contributed by atoms with Crippen molar-refractivity contribution in [3.63, 3.8) is 0 Å². The average Bonchev–Trinajstić information content (AvgIpc) is 3.28. The monoisotopic (exact) mass is 417 g/mol. The number of imide groups is 2. The van der Waals surface area contributed by atoms with E-state index in [0.717, 1.165) is 4.90 Å². The Morgan fingerprint density at radius 3 is 2.58 bits per heavy atom. The third-order valence-corrected chi connectivity index (χ3v) is 5.49. The van der Waals surface area contributed by atoms with Crippen molar-refractivity contribution >= 4 is 40.4 Å². The van der Waals surface area contributed by atoms with Gasteiger partial charge in [0.1, 0.15) is 11.6 Å². The molecule has 3 aromatic rings. The lowest BCUT2D eigenvalue weighted by atomic mass is 10.0. The van der Waals surface area contributed by atoms with Crippen LogP contribution in [0.5, 0.6) is 0 Å². The van der Waals surface area contributed by atoms with E-state index >= 15 is 0 Å². The maximum atomic E-state index is 13.2. The number of nitrogens with zero attached hydrogens (tertiary/aromatic N) is 3. The van der Waals surface area contributed by atoms with Crippen LogP contribution in [0.15, 0.2) is 42.6 Å². The highest BCUT2D eigenvalue weighted by Gasteiger charge is 2.45. The number of nitrogens with two attached hydrogens (primary N) is 1. The molecule has 1 unspecified atom stereocenters. The lowest BCUT2D eigenvalue weighted by Gasteiger charge is -2.27. The Labute approximate surface area is 174 Å². The number of hydrogen-bond acceptors (Lipinski definition) is 6. The fourth-order valence-corrected chi connectivity index (χ4v) is 4.06. The van der Waals surface area contributed by atoms with Gasteiger partial charge in [0.25, 0.3) is 17.7 Å². The number of fused-ring (bicyclic) bond motifs is 2. The highest BCUT2D eigenvalue weighted by molar-refractivity contribution is 6.25. The van der Waals surface area contributed by atoms with Crippen LogP contribution in [0, 0.1) is 0 Å². The van der Waals surface area contributed by atoms with Crippen LogP contribution in [0.1, 0.15) is 43.9 Å². The minimum atomic E-state index is -1.06. The van der Waals surface area contributed by atoms with Crippen molar-refractivity contribution in [2.45, 2.75) is 18.9 Å². The van der Waals surface area contributed by atoms with E-state index in [-0.39, 0.29) is 29.5 Å². The third kappa shape index (κ3) is 2.72. The highest BCUT2D eigenvalue weighted by atomic mass is 16.2. The van der Waals surface area contributed by atoms with E-state index in [2.05, 4.69) is 10.4 Å². The van der Waals surface area contributed by atoms with Gasteiger partial charge in [-0.3, -0.25) is 34.2 Å². The number of piperidine rings is 1. The Morgan fingerprint density at radius 2 is 1.84 bits per heavy atom. The molecule has 5 amide bonds. The van der Waals surface area contributed by atoms with Crippen LogP contribution >= 0.6 is 0 Å². The van der Waals surface area contributed by atoms with Gasteiger partial charge in [0.05, 0.1) is 22.4 Å². The number of hydrogen-bond donors (Lipinski definition) is 2. The summed E-state index contributed by atoms with van der Waals surface area (Å²) in [6.45, 7) is 0. The summed E-state index contributed by atoms with van der Waals surface area (Å²) in [6, 6.07) is 8.64. The van der Waals surface area contributed by atoms with Crippen molar-refractivity contribution in [2.24, 2.45) is 5.73 Å². The van der Waals surface area contributed by atoms with Crippen molar-refractivity contribution < 1.29 is 24.0 Å². The molecule has 0 spiro atoms. The molecule has 1 fully saturated rings. The molecule has 1 aromatic heterocycles. The number of carbonyl (C=O) groups excluding carboxylic acids is 5. The molecule has 2 aromatic carbocycles. The van der Waals surface area contributed by atoms with Gasteiger partial charge in [0.2, 0.25) is 11.8 Å². The SMILES string of the molecule is NC(=O)c1cccc2cn(-c3cccc4c3C(=O)N(C3CCC(=O)NC3=O)C4=O)nc12. The number of primary amides is 1. The first-order chi connectivity index (χ1) is 14.9. The Kier molecular flexibility index (Phi) is 3.97. The number of nitrogens with one attached hydrogen (secondary N) is 1. The van der Waals surface area contributed by atoms with Gasteiger partial charge in [-0.1, -0.05) is 18.2 Å². The van der Waals surface area contributed by atoms with Crippen LogP contribution in [0.4, 0.5) is 0 Å². The molecule has 3 heterocycles. The second-order valence-electron chi connectivity index (χ2n) is 7.33. The number of aromatic nitrogens is 2. The van der Waals surface area contributed by atoms with Crippen LogP contribution in [0.2, 0.25) is 0 Å². The quantitative estimate of drug-likeness (QED) is 0.595. The summed E-state index contributed by atoms with van der Waals surface area (Å²) < 4.78 is 1.41. The van der Waals surface area contributed by atoms with E-state index in [4.69, 9.17) is 5.73 Å². The first kappa shape index (κ1) is 18.7. The van der Waals surface area contributed by atoms with Gasteiger partial charge in [-0.2, -0.15) is 5.10 Å². The molecule has 10 nitrogen and oxygen atoms in total. The summed E-state index contributed by atoms with van der Waals surface area (Å²) in [5.41, 5.74) is 6.60. The molecular formula is C21H15N5O5. The van der Waals surface area contributed by atoms with Gasteiger partial charge in [0.15, 0.2) is 0 Å². The van der Waals surface area contributed by atoms with E-state index in [1.54, 1.807) is 36.5 Å². The van der Waals surface area contributed by atoms with Gasteiger partial charge >= 0.3 is 0 Å². The number of carbonyl (C=O) groups is 5. The lowest BCUT2D eigenvalue weighted by molar-refractivity contribution is -0.136. The van der Waals surface area contributed by atoms with Gasteiger partial charge in [0, 0.05) is 18.0 Å². The van der Waals surface area contributed by atoms with Crippen molar-refractivity contribution in [1.82, 2.24) is 20.0 Å². The molecule has 154 valence electrons. The zero-order valence-electron chi connectivity index (χ0n) is 16.0. The molecule has 1 atom stereocenters. The molecule has 2 aliphatic heterocycles. The third-order valence-electron chi connectivity index (χ3n) is 5.49. The molecule has 0 radical (unpaired) electrons. The second-order valence-corrected chi connectivity index (χ2v) is 7.33. The standard InChI is InChI=1S/C21H15N5O5/c22-18(28)12-5-1-3-10-9-25(24-17(10)12)13-6-2-4-11-16(13)21(31)26(20(11)30)14-7-8-15(27)23-19(14)29/h1-6,9,14H,7-8H2,(H2,22,28)(H,23,27,29). The molecule has 0 bridgehead atoms. The fourth-order valence-electron chi connectivity index (χ4n) is 4.06. The molecule has 3 N–H and O–H groups in total. The molecule has 0 saturated carbocycles. The van der Waals surface area contributed by atoms with Crippen molar-refractivity contribution in [1.29, 1.82) is 0 Å². The number of benzene rings is 2. The van der Waals surface area contributed by atoms with Crippen LogP contribution in [-0.2, 0) is 9.59 Å². The second kappa shape index (κ2) is 6.59. The first-order valence-electron chi connectivity index (χ1n) is 9.50. The fraction of sp³-hybridized carbons (Fsp3) is 0.143. The lowest BCUT2D eigenvalue weighted by Crippen LogP contribution is -2.54. The smallest absolute Gasteiger partial charge is 0.264 e. The summed E-state index contributed by atoms with van der Waals surface area (Å²) >= 11 is 0. The molecule has 2 aliphatic rings. The van der Waals surface area contributed by atoms with E-state index in [1.807, 2.05) is 0 Å². The minimum absolute atomic E-state index is 0.0388. The topological polar surface area (TPSA) is 144 Å². The normalized spacial score (nSPS) is 18.5. The highest BCUT2D eigenvalue weighted by Crippen LogP contribution is 2.32. The minimum Gasteiger partial charge on any atom is -0.366 e. The molecule has 31 heavy (non-hydrogen) atoms. The predicted octanol–water partition coefficient (Wildman–Crippen LogP) is 0.526. The Morgan fingerprint density at radius 1 is 1.06 bits per heavy atom. The Balaban J connectivity index is 1.62. The molecular weight excluding hydrogens is 402 g/mol. The number of amides is 5. The van der Waals surface area contributed by atoms with Crippen LogP contribution in [-0.4, -0.2) is 50.3 Å². The van der Waals surface area contributed by atoms with Crippen molar-refractivity contribution in [2.75, 3.05) is 0 Å². The Hall–Kier alpha value is -4.34. The number of rotatable bonds is 3.